The highest BCUT2D eigenvalue weighted by Gasteiger charge is 2.03. The molecule has 4 nitrogen and oxygen atoms in total. The van der Waals surface area contributed by atoms with Gasteiger partial charge in [-0.15, -0.1) is 0 Å². The van der Waals surface area contributed by atoms with Crippen LogP contribution in [0.1, 0.15) is 12.7 Å². The molecule has 2 aromatic heterocycles. The van der Waals surface area contributed by atoms with Crippen molar-refractivity contribution in [3.8, 4) is 5.88 Å². The molecular formula is C16H16N2O2. The molecule has 0 aliphatic heterocycles. The number of hydrogen-bond donors (Lipinski definition) is 1. The van der Waals surface area contributed by atoms with Crippen LogP contribution in [0.15, 0.2) is 53.1 Å². The average molecular weight is 268 g/mol. The summed E-state index contributed by atoms with van der Waals surface area (Å²) in [5.74, 6) is 1.54. The Labute approximate surface area is 117 Å². The van der Waals surface area contributed by atoms with Crippen molar-refractivity contribution in [3.05, 3.63) is 54.4 Å². The minimum Gasteiger partial charge on any atom is -0.478 e. The minimum absolute atomic E-state index is 0.624. The summed E-state index contributed by atoms with van der Waals surface area (Å²) >= 11 is 0. The van der Waals surface area contributed by atoms with Crippen LogP contribution in [-0.4, -0.2) is 11.6 Å². The summed E-state index contributed by atoms with van der Waals surface area (Å²) in [6.07, 6.45) is 1.76. The average Bonchev–Trinajstić information content (AvgIpc) is 2.90. The molecule has 4 heteroatoms. The summed E-state index contributed by atoms with van der Waals surface area (Å²) in [5, 5.41) is 4.40. The molecule has 1 N–H and O–H groups in total. The summed E-state index contributed by atoms with van der Waals surface area (Å²) in [6, 6.07) is 13.8. The lowest BCUT2D eigenvalue weighted by Crippen LogP contribution is -1.99. The maximum atomic E-state index is 5.74. The van der Waals surface area contributed by atoms with Gasteiger partial charge in [-0.25, -0.2) is 4.98 Å². The van der Waals surface area contributed by atoms with Crippen molar-refractivity contribution < 1.29 is 9.15 Å². The summed E-state index contributed by atoms with van der Waals surface area (Å²) in [4.78, 5) is 4.21. The molecule has 0 radical (unpaired) electrons. The zero-order valence-corrected chi connectivity index (χ0v) is 11.3. The molecule has 102 valence electrons. The second kappa shape index (κ2) is 5.65. The smallest absolute Gasteiger partial charge is 0.213 e. The number of nitrogens with one attached hydrogen (secondary N) is 1. The standard InChI is InChI=1S/C16H16N2O2/c1-2-19-16-8-7-13(10-18-16)17-11-14-9-12-5-3-4-6-15(12)20-14/h3-10,17H,2,11H2,1H3. The first-order valence-electron chi connectivity index (χ1n) is 6.65. The molecule has 0 unspecified atom stereocenters. The van der Waals surface area contributed by atoms with E-state index >= 15 is 0 Å². The van der Waals surface area contributed by atoms with Crippen molar-refractivity contribution in [2.24, 2.45) is 0 Å². The van der Waals surface area contributed by atoms with E-state index in [4.69, 9.17) is 9.15 Å². The summed E-state index contributed by atoms with van der Waals surface area (Å²) < 4.78 is 11.1. The van der Waals surface area contributed by atoms with Crippen LogP contribution in [0.2, 0.25) is 0 Å². The molecule has 1 aromatic carbocycles. The van der Waals surface area contributed by atoms with E-state index in [1.807, 2.05) is 49.4 Å². The Morgan fingerprint density at radius 1 is 1.20 bits per heavy atom. The number of aromatic nitrogens is 1. The first-order valence-corrected chi connectivity index (χ1v) is 6.65. The molecule has 0 saturated carbocycles. The van der Waals surface area contributed by atoms with Crippen LogP contribution in [0.3, 0.4) is 0 Å². The lowest BCUT2D eigenvalue weighted by Gasteiger charge is -2.05. The quantitative estimate of drug-likeness (QED) is 0.763. The van der Waals surface area contributed by atoms with Gasteiger partial charge in [0.05, 0.1) is 25.0 Å². The van der Waals surface area contributed by atoms with E-state index < -0.39 is 0 Å². The Kier molecular flexibility index (Phi) is 3.54. The fourth-order valence-corrected chi connectivity index (χ4v) is 2.03. The molecule has 0 amide bonds. The van der Waals surface area contributed by atoms with Crippen molar-refractivity contribution in [1.82, 2.24) is 4.98 Å². The van der Waals surface area contributed by atoms with E-state index in [1.54, 1.807) is 6.20 Å². The Balaban J connectivity index is 1.66. The third-order valence-electron chi connectivity index (χ3n) is 2.97. The largest absolute Gasteiger partial charge is 0.478 e. The van der Waals surface area contributed by atoms with E-state index in [1.165, 1.54) is 0 Å². The second-order valence-electron chi connectivity index (χ2n) is 4.42. The zero-order valence-electron chi connectivity index (χ0n) is 11.3. The Morgan fingerprint density at radius 2 is 2.10 bits per heavy atom. The monoisotopic (exact) mass is 268 g/mol. The molecule has 0 aliphatic carbocycles. The SMILES string of the molecule is CCOc1ccc(NCc2cc3ccccc3o2)cn1. The van der Waals surface area contributed by atoms with Gasteiger partial charge in [-0.1, -0.05) is 18.2 Å². The zero-order chi connectivity index (χ0) is 13.8. The van der Waals surface area contributed by atoms with Gasteiger partial charge in [-0.3, -0.25) is 0 Å². The Hall–Kier alpha value is -2.49. The third kappa shape index (κ3) is 2.74. The number of pyridine rings is 1. The topological polar surface area (TPSA) is 47.3 Å². The lowest BCUT2D eigenvalue weighted by molar-refractivity contribution is 0.327. The summed E-state index contributed by atoms with van der Waals surface area (Å²) in [5.41, 5.74) is 1.85. The number of anilines is 1. The molecule has 0 aliphatic rings. The Morgan fingerprint density at radius 3 is 2.85 bits per heavy atom. The number of rotatable bonds is 5. The molecule has 2 heterocycles. The van der Waals surface area contributed by atoms with Gasteiger partial charge in [-0.05, 0) is 25.1 Å². The van der Waals surface area contributed by atoms with E-state index in [-0.39, 0.29) is 0 Å². The van der Waals surface area contributed by atoms with Crippen LogP contribution in [0, 0.1) is 0 Å². The summed E-state index contributed by atoms with van der Waals surface area (Å²) in [7, 11) is 0. The van der Waals surface area contributed by atoms with Crippen LogP contribution in [-0.2, 0) is 6.54 Å². The lowest BCUT2D eigenvalue weighted by atomic mass is 10.2. The van der Waals surface area contributed by atoms with Gasteiger partial charge in [-0.2, -0.15) is 0 Å². The molecule has 0 saturated heterocycles. The van der Waals surface area contributed by atoms with Crippen LogP contribution < -0.4 is 10.1 Å². The van der Waals surface area contributed by atoms with Gasteiger partial charge in [0.2, 0.25) is 5.88 Å². The van der Waals surface area contributed by atoms with Gasteiger partial charge < -0.3 is 14.5 Å². The highest BCUT2D eigenvalue weighted by Crippen LogP contribution is 2.20. The minimum atomic E-state index is 0.624. The number of nitrogens with zero attached hydrogens (tertiary/aromatic N) is 1. The van der Waals surface area contributed by atoms with Crippen LogP contribution >= 0.6 is 0 Å². The molecule has 0 atom stereocenters. The molecule has 0 spiro atoms. The van der Waals surface area contributed by atoms with Gasteiger partial charge in [0, 0.05) is 11.5 Å². The number of ether oxygens (including phenoxy) is 1. The van der Waals surface area contributed by atoms with E-state index in [0.29, 0.717) is 19.0 Å². The van der Waals surface area contributed by atoms with Gasteiger partial charge >= 0.3 is 0 Å². The number of furan rings is 1. The normalized spacial score (nSPS) is 10.7. The maximum Gasteiger partial charge on any atom is 0.213 e. The first kappa shape index (κ1) is 12.5. The fraction of sp³-hybridized carbons (Fsp3) is 0.188. The highest BCUT2D eigenvalue weighted by atomic mass is 16.5. The third-order valence-corrected chi connectivity index (χ3v) is 2.97. The molecule has 20 heavy (non-hydrogen) atoms. The predicted molar refractivity (Wildman–Crippen MR) is 78.9 cm³/mol. The highest BCUT2D eigenvalue weighted by molar-refractivity contribution is 5.77. The van der Waals surface area contributed by atoms with Crippen LogP contribution in [0.25, 0.3) is 11.0 Å². The van der Waals surface area contributed by atoms with Crippen molar-refractivity contribution >= 4 is 16.7 Å². The van der Waals surface area contributed by atoms with Crippen LogP contribution in [0.5, 0.6) is 5.88 Å². The van der Waals surface area contributed by atoms with Crippen molar-refractivity contribution in [2.75, 3.05) is 11.9 Å². The fourth-order valence-electron chi connectivity index (χ4n) is 2.03. The van der Waals surface area contributed by atoms with Crippen molar-refractivity contribution in [3.63, 3.8) is 0 Å². The van der Waals surface area contributed by atoms with E-state index in [9.17, 15) is 0 Å². The number of benzene rings is 1. The molecular weight excluding hydrogens is 252 g/mol. The number of fused-ring (bicyclic) bond motifs is 1. The van der Waals surface area contributed by atoms with Crippen molar-refractivity contribution in [1.29, 1.82) is 0 Å². The second-order valence-corrected chi connectivity index (χ2v) is 4.42. The molecule has 3 rings (SSSR count). The van der Waals surface area contributed by atoms with E-state index in [0.717, 1.165) is 22.4 Å². The Bertz CT molecular complexity index is 656. The maximum absolute atomic E-state index is 5.74. The number of para-hydroxylation sites is 1. The first-order chi connectivity index (χ1) is 9.85. The van der Waals surface area contributed by atoms with Gasteiger partial charge in [0.25, 0.3) is 0 Å². The van der Waals surface area contributed by atoms with Gasteiger partial charge in [0.15, 0.2) is 0 Å². The molecule has 0 fully saturated rings. The molecule has 3 aromatic rings. The summed E-state index contributed by atoms with van der Waals surface area (Å²) in [6.45, 7) is 3.19. The van der Waals surface area contributed by atoms with E-state index in [2.05, 4.69) is 10.3 Å². The number of hydrogen-bond acceptors (Lipinski definition) is 4. The van der Waals surface area contributed by atoms with Crippen molar-refractivity contribution in [2.45, 2.75) is 13.5 Å². The van der Waals surface area contributed by atoms with Gasteiger partial charge in [0.1, 0.15) is 11.3 Å². The van der Waals surface area contributed by atoms with Crippen LogP contribution in [0.4, 0.5) is 5.69 Å². The molecule has 0 bridgehead atoms. The predicted octanol–water partition coefficient (Wildman–Crippen LogP) is 3.84.